The number of ether oxygens (including phenoxy) is 1. The van der Waals surface area contributed by atoms with Crippen molar-refractivity contribution in [2.75, 3.05) is 58.3 Å². The first-order chi connectivity index (χ1) is 11.5. The first kappa shape index (κ1) is 18.5. The van der Waals surface area contributed by atoms with Crippen molar-refractivity contribution in [1.82, 2.24) is 9.80 Å². The summed E-state index contributed by atoms with van der Waals surface area (Å²) in [5.74, 6) is 0.969. The van der Waals surface area contributed by atoms with Crippen LogP contribution in [0.25, 0.3) is 0 Å². The predicted octanol–water partition coefficient (Wildman–Crippen LogP) is 1.01. The van der Waals surface area contributed by atoms with Gasteiger partial charge >= 0.3 is 0 Å². The number of likely N-dealkylation sites (N-methyl/N-ethyl adjacent to an activating group) is 1. The molecule has 0 unspecified atom stereocenters. The molecule has 1 aromatic rings. The molecule has 0 spiro atoms. The number of amides is 1. The molecular formula is C18H30N4O2. The van der Waals surface area contributed by atoms with E-state index in [0.717, 1.165) is 31.1 Å². The smallest absolute Gasteiger partial charge is 0.239 e. The van der Waals surface area contributed by atoms with E-state index in [9.17, 15) is 4.79 Å². The maximum atomic E-state index is 12.2. The number of hydrogen-bond acceptors (Lipinski definition) is 5. The molecule has 0 bridgehead atoms. The Kier molecular flexibility index (Phi) is 6.87. The van der Waals surface area contributed by atoms with Gasteiger partial charge in [0.15, 0.2) is 0 Å². The van der Waals surface area contributed by atoms with Gasteiger partial charge in [0.25, 0.3) is 0 Å². The number of rotatable bonds is 7. The number of nitrogens with two attached hydrogens (primary N) is 1. The van der Waals surface area contributed by atoms with Crippen LogP contribution in [0, 0.1) is 0 Å². The van der Waals surface area contributed by atoms with Crippen LogP contribution in [0.5, 0.6) is 5.75 Å². The van der Waals surface area contributed by atoms with E-state index in [2.05, 4.69) is 15.9 Å². The van der Waals surface area contributed by atoms with E-state index in [1.165, 1.54) is 0 Å². The molecule has 1 aliphatic heterocycles. The molecule has 2 N–H and O–H groups in total. The third kappa shape index (κ3) is 4.85. The van der Waals surface area contributed by atoms with Crippen LogP contribution >= 0.6 is 0 Å². The fraction of sp³-hybridized carbons (Fsp3) is 0.611. The minimum atomic E-state index is -0.377. The Bertz CT molecular complexity index is 528. The van der Waals surface area contributed by atoms with Gasteiger partial charge in [-0.05, 0) is 32.6 Å². The fourth-order valence-corrected chi connectivity index (χ4v) is 2.76. The molecule has 1 amide bonds. The molecule has 1 aromatic carbocycles. The van der Waals surface area contributed by atoms with Crippen molar-refractivity contribution in [2.24, 2.45) is 5.73 Å². The van der Waals surface area contributed by atoms with E-state index in [1.807, 2.05) is 44.1 Å². The molecule has 1 aliphatic rings. The number of carbonyl (C=O) groups excluding carboxylic acids is 1. The third-order valence-electron chi connectivity index (χ3n) is 4.35. The van der Waals surface area contributed by atoms with Crippen LogP contribution in [-0.2, 0) is 4.79 Å². The maximum absolute atomic E-state index is 12.2. The molecule has 1 fully saturated rings. The van der Waals surface area contributed by atoms with Crippen molar-refractivity contribution in [3.8, 4) is 5.75 Å². The number of piperazine rings is 1. The average Bonchev–Trinajstić information content (AvgIpc) is 2.60. The summed E-state index contributed by atoms with van der Waals surface area (Å²) in [6.07, 6.45) is 0.682. The molecule has 2 rings (SSSR count). The zero-order chi connectivity index (χ0) is 17.5. The van der Waals surface area contributed by atoms with E-state index >= 15 is 0 Å². The summed E-state index contributed by atoms with van der Waals surface area (Å²) in [4.78, 5) is 18.5. The second-order valence-corrected chi connectivity index (χ2v) is 6.45. The van der Waals surface area contributed by atoms with Crippen LogP contribution in [0.1, 0.15) is 13.3 Å². The number of hydrogen-bond donors (Lipinski definition) is 1. The average molecular weight is 334 g/mol. The first-order valence-electron chi connectivity index (χ1n) is 8.68. The van der Waals surface area contributed by atoms with Gasteiger partial charge in [-0.25, -0.2) is 0 Å². The standard InChI is InChI=1S/C18H30N4O2/c1-4-15(19)18(23)22-11-9-21(10-12-22)16-7-5-6-8-17(16)24-14-13-20(2)3/h5-8,15H,4,9-14,19H2,1-3H3/t15-/m0/s1. The van der Waals surface area contributed by atoms with Crippen LogP contribution in [0.4, 0.5) is 5.69 Å². The first-order valence-corrected chi connectivity index (χ1v) is 8.68. The molecule has 1 heterocycles. The highest BCUT2D eigenvalue weighted by molar-refractivity contribution is 5.81. The molecular weight excluding hydrogens is 304 g/mol. The van der Waals surface area contributed by atoms with Crippen molar-refractivity contribution < 1.29 is 9.53 Å². The molecule has 1 saturated heterocycles. The zero-order valence-corrected chi connectivity index (χ0v) is 15.1. The Hall–Kier alpha value is -1.79. The van der Waals surface area contributed by atoms with E-state index < -0.39 is 0 Å². The molecule has 134 valence electrons. The Balaban J connectivity index is 1.95. The van der Waals surface area contributed by atoms with Gasteiger partial charge in [0, 0.05) is 32.7 Å². The number of para-hydroxylation sites is 2. The highest BCUT2D eigenvalue weighted by Gasteiger charge is 2.25. The zero-order valence-electron chi connectivity index (χ0n) is 15.1. The van der Waals surface area contributed by atoms with Gasteiger partial charge in [-0.1, -0.05) is 19.1 Å². The van der Waals surface area contributed by atoms with Crippen LogP contribution in [0.2, 0.25) is 0 Å². The molecule has 0 saturated carbocycles. The van der Waals surface area contributed by atoms with Gasteiger partial charge in [-0.15, -0.1) is 0 Å². The Labute approximate surface area is 145 Å². The van der Waals surface area contributed by atoms with Crippen molar-refractivity contribution >= 4 is 11.6 Å². The summed E-state index contributed by atoms with van der Waals surface area (Å²) in [6.45, 7) is 6.50. The predicted molar refractivity (Wildman–Crippen MR) is 97.6 cm³/mol. The highest BCUT2D eigenvalue weighted by Crippen LogP contribution is 2.28. The monoisotopic (exact) mass is 334 g/mol. The second-order valence-electron chi connectivity index (χ2n) is 6.45. The summed E-state index contributed by atoms with van der Waals surface area (Å²) in [5, 5.41) is 0. The molecule has 1 atom stereocenters. The number of carbonyl (C=O) groups is 1. The molecule has 24 heavy (non-hydrogen) atoms. The van der Waals surface area contributed by atoms with Gasteiger partial charge in [0.2, 0.25) is 5.91 Å². The van der Waals surface area contributed by atoms with Crippen LogP contribution in [0.3, 0.4) is 0 Å². The van der Waals surface area contributed by atoms with E-state index in [-0.39, 0.29) is 11.9 Å². The summed E-state index contributed by atoms with van der Waals surface area (Å²) in [5.41, 5.74) is 6.97. The second kappa shape index (κ2) is 8.89. The minimum absolute atomic E-state index is 0.0627. The van der Waals surface area contributed by atoms with E-state index in [0.29, 0.717) is 26.1 Å². The summed E-state index contributed by atoms with van der Waals surface area (Å²) in [7, 11) is 4.07. The maximum Gasteiger partial charge on any atom is 0.239 e. The van der Waals surface area contributed by atoms with Gasteiger partial charge in [0.1, 0.15) is 12.4 Å². The van der Waals surface area contributed by atoms with Gasteiger partial charge < -0.3 is 25.2 Å². The van der Waals surface area contributed by atoms with Crippen LogP contribution < -0.4 is 15.4 Å². The minimum Gasteiger partial charge on any atom is -0.490 e. The van der Waals surface area contributed by atoms with Crippen LogP contribution in [0.15, 0.2) is 24.3 Å². The van der Waals surface area contributed by atoms with Crippen molar-refractivity contribution in [2.45, 2.75) is 19.4 Å². The Morgan fingerprint density at radius 1 is 1.25 bits per heavy atom. The Morgan fingerprint density at radius 2 is 1.92 bits per heavy atom. The van der Waals surface area contributed by atoms with E-state index in [1.54, 1.807) is 0 Å². The Morgan fingerprint density at radius 3 is 2.54 bits per heavy atom. The van der Waals surface area contributed by atoms with Crippen molar-refractivity contribution in [3.05, 3.63) is 24.3 Å². The number of anilines is 1. The van der Waals surface area contributed by atoms with Crippen molar-refractivity contribution in [3.63, 3.8) is 0 Å². The topological polar surface area (TPSA) is 62.0 Å². The molecule has 0 aliphatic carbocycles. The lowest BCUT2D eigenvalue weighted by Crippen LogP contribution is -2.53. The van der Waals surface area contributed by atoms with Gasteiger partial charge in [-0.2, -0.15) is 0 Å². The third-order valence-corrected chi connectivity index (χ3v) is 4.35. The normalized spacial score (nSPS) is 16.4. The lowest BCUT2D eigenvalue weighted by Gasteiger charge is -2.37. The molecule has 0 radical (unpaired) electrons. The lowest BCUT2D eigenvalue weighted by molar-refractivity contribution is -0.132. The molecule has 6 nitrogen and oxygen atoms in total. The van der Waals surface area contributed by atoms with Crippen molar-refractivity contribution in [1.29, 1.82) is 0 Å². The summed E-state index contributed by atoms with van der Waals surface area (Å²) in [6, 6.07) is 7.74. The summed E-state index contributed by atoms with van der Waals surface area (Å²) < 4.78 is 5.95. The molecule has 6 heteroatoms. The van der Waals surface area contributed by atoms with Gasteiger partial charge in [0.05, 0.1) is 11.7 Å². The quantitative estimate of drug-likeness (QED) is 0.806. The fourth-order valence-electron chi connectivity index (χ4n) is 2.76. The van der Waals surface area contributed by atoms with E-state index in [4.69, 9.17) is 10.5 Å². The van der Waals surface area contributed by atoms with Gasteiger partial charge in [-0.3, -0.25) is 4.79 Å². The number of benzene rings is 1. The van der Waals surface area contributed by atoms with Crippen LogP contribution in [-0.4, -0.2) is 75.2 Å². The number of nitrogens with zero attached hydrogens (tertiary/aromatic N) is 3. The molecule has 0 aromatic heterocycles. The summed E-state index contributed by atoms with van der Waals surface area (Å²) >= 11 is 0. The largest absolute Gasteiger partial charge is 0.490 e. The lowest BCUT2D eigenvalue weighted by atomic mass is 10.2. The highest BCUT2D eigenvalue weighted by atomic mass is 16.5. The SMILES string of the molecule is CC[C@H](N)C(=O)N1CCN(c2ccccc2OCCN(C)C)CC1.